The normalized spacial score (nSPS) is 11.3. The van der Waals surface area contributed by atoms with Crippen LogP contribution < -0.4 is 10.6 Å². The molecule has 0 heterocycles. The lowest BCUT2D eigenvalue weighted by atomic mass is 10.1. The first-order chi connectivity index (χ1) is 12.4. The summed E-state index contributed by atoms with van der Waals surface area (Å²) >= 11 is 0. The Morgan fingerprint density at radius 1 is 0.440 bits per heavy atom. The van der Waals surface area contributed by atoms with Crippen LogP contribution in [0.15, 0.2) is 0 Å². The van der Waals surface area contributed by atoms with Crippen LogP contribution in [0, 0.1) is 0 Å². The topological polar surface area (TPSA) is 33.3 Å². The molecule has 0 atom stereocenters. The Labute approximate surface area is 159 Å². The summed E-state index contributed by atoms with van der Waals surface area (Å²) in [7, 11) is 0. The van der Waals surface area contributed by atoms with E-state index in [2.05, 4.69) is 24.5 Å². The zero-order valence-electron chi connectivity index (χ0n) is 17.6. The number of rotatable bonds is 22. The maximum Gasteiger partial charge on any atom is 0.0478 e. The molecular formula is C22H48N2O. The van der Waals surface area contributed by atoms with Crippen molar-refractivity contribution in [3.63, 3.8) is 0 Å². The van der Waals surface area contributed by atoms with Crippen LogP contribution in [0.1, 0.15) is 104 Å². The molecule has 25 heavy (non-hydrogen) atoms. The Morgan fingerprint density at radius 2 is 0.800 bits per heavy atom. The summed E-state index contributed by atoms with van der Waals surface area (Å²) in [6.45, 7) is 10.9. The Bertz CT molecular complexity index is 202. The molecule has 152 valence electrons. The fourth-order valence-corrected chi connectivity index (χ4v) is 3.01. The van der Waals surface area contributed by atoms with Crippen molar-refractivity contribution in [3.05, 3.63) is 0 Å². The van der Waals surface area contributed by atoms with Crippen molar-refractivity contribution in [2.75, 3.05) is 39.4 Å². The second kappa shape index (κ2) is 23.9. The monoisotopic (exact) mass is 356 g/mol. The van der Waals surface area contributed by atoms with Crippen molar-refractivity contribution < 1.29 is 4.74 Å². The lowest BCUT2D eigenvalue weighted by Gasteiger charge is -2.07. The van der Waals surface area contributed by atoms with Crippen molar-refractivity contribution in [1.82, 2.24) is 10.6 Å². The van der Waals surface area contributed by atoms with Gasteiger partial charge in [-0.1, -0.05) is 78.1 Å². The molecule has 0 radical (unpaired) electrons. The van der Waals surface area contributed by atoms with Gasteiger partial charge >= 0.3 is 0 Å². The van der Waals surface area contributed by atoms with E-state index in [1.807, 2.05) is 0 Å². The molecular weight excluding hydrogens is 308 g/mol. The van der Waals surface area contributed by atoms with Gasteiger partial charge in [-0.3, -0.25) is 0 Å². The lowest BCUT2D eigenvalue weighted by molar-refractivity contribution is 0.129. The van der Waals surface area contributed by atoms with Crippen molar-refractivity contribution >= 4 is 0 Å². The van der Waals surface area contributed by atoms with Crippen LogP contribution in [0.5, 0.6) is 0 Å². The first kappa shape index (κ1) is 24.9. The first-order valence-corrected chi connectivity index (χ1v) is 11.4. The SMILES string of the molecule is CCCCCCCCNCCCOCCCNCCCCCCCC. The number of hydrogen-bond donors (Lipinski definition) is 2. The van der Waals surface area contributed by atoms with Gasteiger partial charge in [-0.2, -0.15) is 0 Å². The molecule has 0 aliphatic rings. The predicted octanol–water partition coefficient (Wildman–Crippen LogP) is 5.68. The second-order valence-corrected chi connectivity index (χ2v) is 7.36. The second-order valence-electron chi connectivity index (χ2n) is 7.36. The van der Waals surface area contributed by atoms with Crippen LogP contribution in [0.4, 0.5) is 0 Å². The minimum atomic E-state index is 0.904. The summed E-state index contributed by atoms with van der Waals surface area (Å²) in [6, 6.07) is 0. The van der Waals surface area contributed by atoms with E-state index >= 15 is 0 Å². The molecule has 3 heteroatoms. The summed E-state index contributed by atoms with van der Waals surface area (Å²) in [5.74, 6) is 0. The minimum absolute atomic E-state index is 0.904. The molecule has 0 saturated heterocycles. The Balaban J connectivity index is 2.94. The highest BCUT2D eigenvalue weighted by Gasteiger charge is 1.94. The smallest absolute Gasteiger partial charge is 0.0478 e. The van der Waals surface area contributed by atoms with E-state index in [1.54, 1.807) is 0 Å². The van der Waals surface area contributed by atoms with Gasteiger partial charge in [-0.15, -0.1) is 0 Å². The Kier molecular flexibility index (Phi) is 23.8. The van der Waals surface area contributed by atoms with E-state index in [1.165, 1.54) is 90.1 Å². The van der Waals surface area contributed by atoms with Crippen LogP contribution in [0.3, 0.4) is 0 Å². The number of ether oxygens (including phenoxy) is 1. The van der Waals surface area contributed by atoms with E-state index in [-0.39, 0.29) is 0 Å². The molecule has 3 nitrogen and oxygen atoms in total. The first-order valence-electron chi connectivity index (χ1n) is 11.4. The molecule has 0 aliphatic heterocycles. The van der Waals surface area contributed by atoms with E-state index in [4.69, 9.17) is 4.74 Å². The molecule has 0 unspecified atom stereocenters. The van der Waals surface area contributed by atoms with Gasteiger partial charge in [-0.05, 0) is 51.9 Å². The van der Waals surface area contributed by atoms with Gasteiger partial charge < -0.3 is 15.4 Å². The van der Waals surface area contributed by atoms with Gasteiger partial charge in [-0.25, -0.2) is 0 Å². The van der Waals surface area contributed by atoms with E-state index in [0.717, 1.165) is 39.1 Å². The summed E-state index contributed by atoms with van der Waals surface area (Å²) in [5, 5.41) is 7.05. The maximum absolute atomic E-state index is 5.70. The third-order valence-corrected chi connectivity index (χ3v) is 4.70. The van der Waals surface area contributed by atoms with Gasteiger partial charge in [0.2, 0.25) is 0 Å². The van der Waals surface area contributed by atoms with Gasteiger partial charge in [0.05, 0.1) is 0 Å². The summed E-state index contributed by atoms with van der Waals surface area (Å²) in [5.41, 5.74) is 0. The highest BCUT2D eigenvalue weighted by molar-refractivity contribution is 4.52. The van der Waals surface area contributed by atoms with Crippen LogP contribution in [0.2, 0.25) is 0 Å². The standard InChI is InChI=1S/C22H48N2O/c1-3-5-7-9-11-13-17-23-19-15-21-25-22-16-20-24-18-14-12-10-8-6-4-2/h23-24H,3-22H2,1-2H3. The van der Waals surface area contributed by atoms with E-state index in [0.29, 0.717) is 0 Å². The number of hydrogen-bond acceptors (Lipinski definition) is 3. The third kappa shape index (κ3) is 23.9. The Morgan fingerprint density at radius 3 is 1.24 bits per heavy atom. The molecule has 0 fully saturated rings. The highest BCUT2D eigenvalue weighted by Crippen LogP contribution is 2.04. The summed E-state index contributed by atoms with van der Waals surface area (Å²) in [4.78, 5) is 0. The van der Waals surface area contributed by atoms with Crippen molar-refractivity contribution in [2.45, 2.75) is 104 Å². The molecule has 2 N–H and O–H groups in total. The van der Waals surface area contributed by atoms with Crippen molar-refractivity contribution in [3.8, 4) is 0 Å². The molecule has 0 saturated carbocycles. The number of unbranched alkanes of at least 4 members (excludes halogenated alkanes) is 10. The number of nitrogens with one attached hydrogen (secondary N) is 2. The molecule has 0 rings (SSSR count). The summed E-state index contributed by atoms with van der Waals surface area (Å²) in [6.07, 6.45) is 18.8. The average Bonchev–Trinajstić information content (AvgIpc) is 2.63. The molecule has 0 bridgehead atoms. The average molecular weight is 357 g/mol. The van der Waals surface area contributed by atoms with E-state index in [9.17, 15) is 0 Å². The molecule has 0 aliphatic carbocycles. The van der Waals surface area contributed by atoms with Gasteiger partial charge in [0.25, 0.3) is 0 Å². The fraction of sp³-hybridized carbons (Fsp3) is 1.00. The molecule has 0 aromatic rings. The largest absolute Gasteiger partial charge is 0.381 e. The summed E-state index contributed by atoms with van der Waals surface area (Å²) < 4.78 is 5.70. The Hall–Kier alpha value is -0.120. The van der Waals surface area contributed by atoms with Crippen LogP contribution >= 0.6 is 0 Å². The van der Waals surface area contributed by atoms with Crippen LogP contribution in [-0.4, -0.2) is 39.4 Å². The van der Waals surface area contributed by atoms with Gasteiger partial charge in [0, 0.05) is 13.2 Å². The fourth-order valence-electron chi connectivity index (χ4n) is 3.01. The minimum Gasteiger partial charge on any atom is -0.381 e. The molecule has 0 aromatic carbocycles. The lowest BCUT2D eigenvalue weighted by Crippen LogP contribution is -2.19. The van der Waals surface area contributed by atoms with Gasteiger partial charge in [0.15, 0.2) is 0 Å². The predicted molar refractivity (Wildman–Crippen MR) is 113 cm³/mol. The van der Waals surface area contributed by atoms with E-state index < -0.39 is 0 Å². The zero-order chi connectivity index (χ0) is 18.3. The van der Waals surface area contributed by atoms with Crippen molar-refractivity contribution in [2.24, 2.45) is 0 Å². The van der Waals surface area contributed by atoms with Crippen molar-refractivity contribution in [1.29, 1.82) is 0 Å². The molecule has 0 amide bonds. The zero-order valence-corrected chi connectivity index (χ0v) is 17.6. The van der Waals surface area contributed by atoms with Crippen LogP contribution in [-0.2, 0) is 4.74 Å². The van der Waals surface area contributed by atoms with Gasteiger partial charge in [0.1, 0.15) is 0 Å². The van der Waals surface area contributed by atoms with Crippen LogP contribution in [0.25, 0.3) is 0 Å². The highest BCUT2D eigenvalue weighted by atomic mass is 16.5. The third-order valence-electron chi connectivity index (χ3n) is 4.70. The molecule has 0 aromatic heterocycles. The maximum atomic E-state index is 5.70. The quantitative estimate of drug-likeness (QED) is 0.245. The molecule has 0 spiro atoms.